The molecule has 2 aromatic heterocycles. The van der Waals surface area contributed by atoms with Gasteiger partial charge in [0.25, 0.3) is 5.88 Å². The third kappa shape index (κ3) is 4.69. The SMILES string of the molecule is O=C(CSc1nnc(O)nc1O)N/N=C/c1cccnc1. The van der Waals surface area contributed by atoms with Crippen molar-refractivity contribution in [2.45, 2.75) is 5.03 Å². The van der Waals surface area contributed by atoms with Crippen LogP contribution in [0.15, 0.2) is 34.7 Å². The first-order valence-corrected chi connectivity index (χ1v) is 6.61. The fraction of sp³-hybridized carbons (Fsp3) is 0.0909. The molecule has 1 amide bonds. The van der Waals surface area contributed by atoms with E-state index in [1.807, 2.05) is 0 Å². The van der Waals surface area contributed by atoms with Gasteiger partial charge in [-0.3, -0.25) is 9.78 Å². The van der Waals surface area contributed by atoms with Crippen molar-refractivity contribution < 1.29 is 15.0 Å². The van der Waals surface area contributed by atoms with Crippen molar-refractivity contribution in [2.75, 3.05) is 5.75 Å². The van der Waals surface area contributed by atoms with Crippen LogP contribution in [-0.4, -0.2) is 48.3 Å². The summed E-state index contributed by atoms with van der Waals surface area (Å²) in [6, 6.07) is 2.90. The van der Waals surface area contributed by atoms with E-state index in [-0.39, 0.29) is 10.8 Å². The summed E-state index contributed by atoms with van der Waals surface area (Å²) in [5.41, 5.74) is 3.06. The average Bonchev–Trinajstić information content (AvgIpc) is 2.47. The van der Waals surface area contributed by atoms with Crippen molar-refractivity contribution >= 4 is 23.9 Å². The molecule has 0 saturated heterocycles. The highest BCUT2D eigenvalue weighted by Crippen LogP contribution is 2.23. The van der Waals surface area contributed by atoms with E-state index < -0.39 is 17.8 Å². The summed E-state index contributed by atoms with van der Waals surface area (Å²) in [6.45, 7) is 0. The largest absolute Gasteiger partial charge is 0.491 e. The highest BCUT2D eigenvalue weighted by molar-refractivity contribution is 8.00. The normalized spacial score (nSPS) is 10.7. The summed E-state index contributed by atoms with van der Waals surface area (Å²) in [7, 11) is 0. The molecule has 9 nitrogen and oxygen atoms in total. The Bertz CT molecular complexity index is 652. The summed E-state index contributed by atoms with van der Waals surface area (Å²) in [5.74, 6) is -0.924. The molecule has 0 fully saturated rings. The molecule has 0 aliphatic heterocycles. The number of aromatic hydroxyl groups is 2. The van der Waals surface area contributed by atoms with Crippen molar-refractivity contribution in [2.24, 2.45) is 5.10 Å². The fourth-order valence-electron chi connectivity index (χ4n) is 1.19. The Kier molecular flexibility index (Phi) is 4.99. The quantitative estimate of drug-likeness (QED) is 0.397. The summed E-state index contributed by atoms with van der Waals surface area (Å²) >= 11 is 0.915. The number of rotatable bonds is 5. The lowest BCUT2D eigenvalue weighted by Crippen LogP contribution is -2.19. The predicted octanol–water partition coefficient (Wildman–Crippen LogP) is -0.0798. The van der Waals surface area contributed by atoms with Crippen LogP contribution in [0.4, 0.5) is 0 Å². The van der Waals surface area contributed by atoms with Crippen LogP contribution in [0, 0.1) is 0 Å². The van der Waals surface area contributed by atoms with Crippen molar-refractivity contribution in [3.05, 3.63) is 30.1 Å². The van der Waals surface area contributed by atoms with Crippen LogP contribution in [0.1, 0.15) is 5.56 Å². The number of amides is 1. The Balaban J connectivity index is 1.81. The van der Waals surface area contributed by atoms with Gasteiger partial charge in [-0.15, -0.1) is 5.10 Å². The van der Waals surface area contributed by atoms with Gasteiger partial charge in [-0.1, -0.05) is 22.9 Å². The van der Waals surface area contributed by atoms with Crippen LogP contribution in [0.5, 0.6) is 11.9 Å². The minimum Gasteiger partial charge on any atom is -0.491 e. The van der Waals surface area contributed by atoms with E-state index in [2.05, 4.69) is 30.7 Å². The highest BCUT2D eigenvalue weighted by atomic mass is 32.2. The van der Waals surface area contributed by atoms with E-state index in [1.165, 1.54) is 6.21 Å². The molecule has 0 atom stereocenters. The van der Waals surface area contributed by atoms with E-state index in [0.29, 0.717) is 0 Å². The lowest BCUT2D eigenvalue weighted by molar-refractivity contribution is -0.118. The zero-order valence-corrected chi connectivity index (χ0v) is 11.4. The molecule has 0 unspecified atom stereocenters. The second kappa shape index (κ2) is 7.14. The Hall–Kier alpha value is -2.75. The first kappa shape index (κ1) is 14.7. The summed E-state index contributed by atoms with van der Waals surface area (Å²) in [6.07, 6.45) is 4.68. The van der Waals surface area contributed by atoms with Crippen LogP contribution in [0.2, 0.25) is 0 Å². The van der Waals surface area contributed by atoms with Crippen molar-refractivity contribution in [1.82, 2.24) is 25.6 Å². The average molecular weight is 306 g/mol. The number of aromatic nitrogens is 4. The zero-order valence-electron chi connectivity index (χ0n) is 10.5. The van der Waals surface area contributed by atoms with Gasteiger partial charge in [0, 0.05) is 18.0 Å². The highest BCUT2D eigenvalue weighted by Gasteiger charge is 2.10. The van der Waals surface area contributed by atoms with Gasteiger partial charge in [0.15, 0.2) is 5.03 Å². The molecule has 0 spiro atoms. The number of thioether (sulfide) groups is 1. The number of carbonyl (C=O) groups excluding carboxylic acids is 1. The van der Waals surface area contributed by atoms with Gasteiger partial charge < -0.3 is 10.2 Å². The molecule has 0 aromatic carbocycles. The second-order valence-electron chi connectivity index (χ2n) is 3.61. The number of hydrogen-bond donors (Lipinski definition) is 3. The molecular formula is C11H10N6O3S. The molecule has 0 saturated carbocycles. The Labute approximate surface area is 123 Å². The maximum atomic E-state index is 11.5. The second-order valence-corrected chi connectivity index (χ2v) is 4.57. The third-order valence-electron chi connectivity index (χ3n) is 2.05. The van der Waals surface area contributed by atoms with Crippen molar-refractivity contribution in [1.29, 1.82) is 0 Å². The van der Waals surface area contributed by atoms with E-state index in [0.717, 1.165) is 17.3 Å². The molecule has 2 rings (SSSR count). The molecule has 10 heteroatoms. The lowest BCUT2D eigenvalue weighted by atomic mass is 10.3. The van der Waals surface area contributed by atoms with Gasteiger partial charge in [0.2, 0.25) is 5.91 Å². The lowest BCUT2D eigenvalue weighted by Gasteiger charge is -2.01. The van der Waals surface area contributed by atoms with Gasteiger partial charge in [-0.05, 0) is 6.07 Å². The standard InChI is InChI=1S/C11H10N6O3S/c18-8(15-13-5-7-2-1-3-12-4-7)6-21-10-9(19)14-11(20)17-16-10/h1-5H,6H2,(H,15,18)(H2,14,17,19,20)/b13-5+. The molecule has 0 radical (unpaired) electrons. The molecule has 108 valence electrons. The third-order valence-corrected chi connectivity index (χ3v) is 3.00. The fourth-order valence-corrected chi connectivity index (χ4v) is 1.80. The number of hydrogen-bond acceptors (Lipinski definition) is 9. The first-order chi connectivity index (χ1) is 10.1. The number of carbonyl (C=O) groups is 1. The van der Waals surface area contributed by atoms with Crippen molar-refractivity contribution in [3.8, 4) is 11.9 Å². The van der Waals surface area contributed by atoms with Crippen LogP contribution < -0.4 is 5.43 Å². The summed E-state index contributed by atoms with van der Waals surface area (Å²) in [4.78, 5) is 18.7. The molecule has 21 heavy (non-hydrogen) atoms. The van der Waals surface area contributed by atoms with Gasteiger partial charge >= 0.3 is 6.01 Å². The topological polar surface area (TPSA) is 133 Å². The van der Waals surface area contributed by atoms with Gasteiger partial charge in [0.05, 0.1) is 12.0 Å². The summed E-state index contributed by atoms with van der Waals surface area (Å²) in [5, 5.41) is 28.8. The van der Waals surface area contributed by atoms with E-state index in [4.69, 9.17) is 5.11 Å². The number of nitrogens with one attached hydrogen (secondary N) is 1. The predicted molar refractivity (Wildman–Crippen MR) is 73.9 cm³/mol. The minimum atomic E-state index is -0.637. The van der Waals surface area contributed by atoms with Crippen molar-refractivity contribution in [3.63, 3.8) is 0 Å². The first-order valence-electron chi connectivity index (χ1n) is 5.62. The molecule has 3 N–H and O–H groups in total. The van der Waals surface area contributed by atoms with Crippen LogP contribution in [0.3, 0.4) is 0 Å². The van der Waals surface area contributed by atoms with E-state index in [1.54, 1.807) is 24.5 Å². The molecule has 0 bridgehead atoms. The van der Waals surface area contributed by atoms with E-state index in [9.17, 15) is 9.90 Å². The number of hydrazone groups is 1. The zero-order chi connectivity index (χ0) is 15.1. The van der Waals surface area contributed by atoms with Gasteiger partial charge in [-0.2, -0.15) is 10.1 Å². The minimum absolute atomic E-state index is 0.0409. The monoisotopic (exact) mass is 306 g/mol. The molecule has 2 aromatic rings. The maximum Gasteiger partial charge on any atom is 0.336 e. The Morgan fingerprint density at radius 3 is 3.00 bits per heavy atom. The van der Waals surface area contributed by atoms with Crippen LogP contribution in [0.25, 0.3) is 0 Å². The van der Waals surface area contributed by atoms with E-state index >= 15 is 0 Å². The molecule has 0 aliphatic rings. The van der Waals surface area contributed by atoms with Crippen LogP contribution in [-0.2, 0) is 4.79 Å². The van der Waals surface area contributed by atoms with Gasteiger partial charge in [0.1, 0.15) is 0 Å². The number of pyridine rings is 1. The Morgan fingerprint density at radius 2 is 2.29 bits per heavy atom. The smallest absolute Gasteiger partial charge is 0.336 e. The maximum absolute atomic E-state index is 11.5. The molecule has 0 aliphatic carbocycles. The summed E-state index contributed by atoms with van der Waals surface area (Å²) < 4.78 is 0. The number of nitrogens with zero attached hydrogens (tertiary/aromatic N) is 5. The molecule has 2 heterocycles. The Morgan fingerprint density at radius 1 is 1.43 bits per heavy atom. The van der Waals surface area contributed by atoms with Gasteiger partial charge in [-0.25, -0.2) is 5.43 Å². The van der Waals surface area contributed by atoms with Crippen LogP contribution >= 0.6 is 11.8 Å². The molecular weight excluding hydrogens is 296 g/mol.